The van der Waals surface area contributed by atoms with Crippen LogP contribution in [0.3, 0.4) is 0 Å². The Hall–Kier alpha value is -1.84. The maximum Gasteiger partial charge on any atom is 0.239 e. The van der Waals surface area contributed by atoms with Crippen molar-refractivity contribution < 1.29 is 9.59 Å². The molecule has 2 atom stereocenters. The molecule has 1 aromatic carbocycles. The van der Waals surface area contributed by atoms with Crippen molar-refractivity contribution in [3.05, 3.63) is 35.9 Å². The Kier molecular flexibility index (Phi) is 3.97. The normalized spacial score (nSPS) is 21.2. The van der Waals surface area contributed by atoms with E-state index in [9.17, 15) is 9.59 Å². The first-order valence-corrected chi connectivity index (χ1v) is 6.25. The summed E-state index contributed by atoms with van der Waals surface area (Å²) in [5.41, 5.74) is 1.05. The average Bonchev–Trinajstić information content (AvgIpc) is 3.12. The van der Waals surface area contributed by atoms with Gasteiger partial charge in [-0.25, -0.2) is 0 Å². The second-order valence-corrected chi connectivity index (χ2v) is 4.80. The summed E-state index contributed by atoms with van der Waals surface area (Å²) in [7, 11) is 0. The van der Waals surface area contributed by atoms with Gasteiger partial charge in [0.1, 0.15) is 0 Å². The Morgan fingerprint density at radius 2 is 1.89 bits per heavy atom. The molecule has 2 N–H and O–H groups in total. The molecule has 2 unspecified atom stereocenters. The molecule has 0 heterocycles. The average molecular weight is 246 g/mol. The third-order valence-electron chi connectivity index (χ3n) is 3.20. The molecule has 0 bridgehead atoms. The van der Waals surface area contributed by atoms with Gasteiger partial charge in [-0.15, -0.1) is 0 Å². The molecule has 1 aliphatic rings. The molecule has 1 aromatic rings. The fourth-order valence-electron chi connectivity index (χ4n) is 1.84. The van der Waals surface area contributed by atoms with Gasteiger partial charge in [0.15, 0.2) is 0 Å². The van der Waals surface area contributed by atoms with Gasteiger partial charge in [-0.1, -0.05) is 37.3 Å². The van der Waals surface area contributed by atoms with Gasteiger partial charge in [-0.05, 0) is 17.9 Å². The van der Waals surface area contributed by atoms with Gasteiger partial charge in [0.2, 0.25) is 11.8 Å². The van der Waals surface area contributed by atoms with Gasteiger partial charge in [0.05, 0.1) is 6.54 Å². The summed E-state index contributed by atoms with van der Waals surface area (Å²) < 4.78 is 0. The number of nitrogens with one attached hydrogen (secondary N) is 2. The topological polar surface area (TPSA) is 58.2 Å². The van der Waals surface area contributed by atoms with Crippen molar-refractivity contribution in [1.29, 1.82) is 0 Å². The van der Waals surface area contributed by atoms with Crippen molar-refractivity contribution in [3.63, 3.8) is 0 Å². The monoisotopic (exact) mass is 246 g/mol. The standard InChI is InChI=1S/C14H18N2O2/c1-10-7-12(10)14(18)16-9-13(17)15-8-11-5-3-2-4-6-11/h2-6,10,12H,7-9H2,1H3,(H,15,17)(H,16,18). The lowest BCUT2D eigenvalue weighted by Gasteiger charge is -2.06. The summed E-state index contributed by atoms with van der Waals surface area (Å²) >= 11 is 0. The molecule has 0 radical (unpaired) electrons. The van der Waals surface area contributed by atoms with Crippen molar-refractivity contribution in [2.75, 3.05) is 6.54 Å². The van der Waals surface area contributed by atoms with E-state index in [4.69, 9.17) is 0 Å². The van der Waals surface area contributed by atoms with Crippen LogP contribution in [0.1, 0.15) is 18.9 Å². The van der Waals surface area contributed by atoms with Crippen molar-refractivity contribution in [2.24, 2.45) is 11.8 Å². The molecule has 0 aromatic heterocycles. The number of carbonyl (C=O) groups is 2. The van der Waals surface area contributed by atoms with Crippen LogP contribution in [-0.4, -0.2) is 18.4 Å². The van der Waals surface area contributed by atoms with Gasteiger partial charge >= 0.3 is 0 Å². The van der Waals surface area contributed by atoms with Crippen molar-refractivity contribution in [3.8, 4) is 0 Å². The Morgan fingerprint density at radius 3 is 2.50 bits per heavy atom. The highest BCUT2D eigenvalue weighted by Gasteiger charge is 2.38. The molecule has 18 heavy (non-hydrogen) atoms. The van der Waals surface area contributed by atoms with Crippen LogP contribution in [-0.2, 0) is 16.1 Å². The van der Waals surface area contributed by atoms with Crippen LogP contribution in [0.15, 0.2) is 30.3 Å². The van der Waals surface area contributed by atoms with Crippen LogP contribution in [0.2, 0.25) is 0 Å². The predicted molar refractivity (Wildman–Crippen MR) is 68.6 cm³/mol. The maximum atomic E-state index is 11.5. The van der Waals surface area contributed by atoms with Crippen LogP contribution >= 0.6 is 0 Å². The second kappa shape index (κ2) is 5.67. The van der Waals surface area contributed by atoms with Crippen LogP contribution in [0.25, 0.3) is 0 Å². The van der Waals surface area contributed by atoms with Gasteiger partial charge in [-0.3, -0.25) is 9.59 Å². The SMILES string of the molecule is CC1CC1C(=O)NCC(=O)NCc1ccccc1. The minimum Gasteiger partial charge on any atom is -0.350 e. The van der Waals surface area contributed by atoms with Crippen LogP contribution in [0.5, 0.6) is 0 Å². The van der Waals surface area contributed by atoms with Gasteiger partial charge in [0.25, 0.3) is 0 Å². The van der Waals surface area contributed by atoms with Crippen molar-refractivity contribution >= 4 is 11.8 Å². The summed E-state index contributed by atoms with van der Waals surface area (Å²) in [4.78, 5) is 23.0. The molecule has 0 saturated heterocycles. The molecule has 0 spiro atoms. The Labute approximate surface area is 107 Å². The minimum absolute atomic E-state index is 0.00244. The zero-order valence-electron chi connectivity index (χ0n) is 10.5. The zero-order chi connectivity index (χ0) is 13.0. The molecule has 1 saturated carbocycles. The van der Waals surface area contributed by atoms with Crippen molar-refractivity contribution in [1.82, 2.24) is 10.6 Å². The maximum absolute atomic E-state index is 11.5. The highest BCUT2D eigenvalue weighted by Crippen LogP contribution is 2.37. The molecule has 1 fully saturated rings. The number of hydrogen-bond acceptors (Lipinski definition) is 2. The molecule has 96 valence electrons. The summed E-state index contributed by atoms with van der Waals surface area (Å²) in [5.74, 6) is 0.433. The third-order valence-corrected chi connectivity index (χ3v) is 3.20. The van der Waals surface area contributed by atoms with E-state index in [-0.39, 0.29) is 24.3 Å². The highest BCUT2D eigenvalue weighted by molar-refractivity contribution is 5.87. The molecule has 2 rings (SSSR count). The van der Waals surface area contributed by atoms with Crippen molar-refractivity contribution in [2.45, 2.75) is 19.9 Å². The van der Waals surface area contributed by atoms with Gasteiger partial charge in [0, 0.05) is 12.5 Å². The quantitative estimate of drug-likeness (QED) is 0.816. The lowest BCUT2D eigenvalue weighted by Crippen LogP contribution is -2.37. The Bertz CT molecular complexity index is 431. The number of benzene rings is 1. The molecule has 0 aliphatic heterocycles. The molecule has 4 nitrogen and oxygen atoms in total. The molecule has 4 heteroatoms. The van der Waals surface area contributed by atoms with Crippen LogP contribution in [0.4, 0.5) is 0 Å². The first kappa shape index (κ1) is 12.6. The third kappa shape index (κ3) is 3.58. The van der Waals surface area contributed by atoms with E-state index in [0.29, 0.717) is 12.5 Å². The van der Waals surface area contributed by atoms with E-state index in [1.54, 1.807) is 0 Å². The summed E-state index contributed by atoms with van der Waals surface area (Å²) in [6.07, 6.45) is 0.942. The van der Waals surface area contributed by atoms with E-state index in [1.807, 2.05) is 37.3 Å². The lowest BCUT2D eigenvalue weighted by molar-refractivity contribution is -0.127. The predicted octanol–water partition coefficient (Wildman–Crippen LogP) is 1.07. The Balaban J connectivity index is 1.65. The van der Waals surface area contributed by atoms with Gasteiger partial charge in [-0.2, -0.15) is 0 Å². The molecular formula is C14H18N2O2. The lowest BCUT2D eigenvalue weighted by atomic mass is 10.2. The summed E-state index contributed by atoms with van der Waals surface area (Å²) in [5, 5.41) is 5.43. The molecule has 2 amide bonds. The van der Waals surface area contributed by atoms with Gasteiger partial charge < -0.3 is 10.6 Å². The fourth-order valence-corrected chi connectivity index (χ4v) is 1.84. The van der Waals surface area contributed by atoms with Crippen LogP contribution < -0.4 is 10.6 Å². The van der Waals surface area contributed by atoms with E-state index in [1.165, 1.54) is 0 Å². The molecular weight excluding hydrogens is 228 g/mol. The number of amides is 2. The van der Waals surface area contributed by atoms with E-state index >= 15 is 0 Å². The second-order valence-electron chi connectivity index (χ2n) is 4.80. The smallest absolute Gasteiger partial charge is 0.239 e. The number of hydrogen-bond donors (Lipinski definition) is 2. The molecule has 1 aliphatic carbocycles. The first-order valence-electron chi connectivity index (χ1n) is 6.25. The van der Waals surface area contributed by atoms with Crippen LogP contribution in [0, 0.1) is 11.8 Å². The number of carbonyl (C=O) groups excluding carboxylic acids is 2. The summed E-state index contributed by atoms with van der Waals surface area (Å²) in [6, 6.07) is 9.69. The highest BCUT2D eigenvalue weighted by atomic mass is 16.2. The largest absolute Gasteiger partial charge is 0.350 e. The van der Waals surface area contributed by atoms with E-state index in [2.05, 4.69) is 10.6 Å². The zero-order valence-corrected chi connectivity index (χ0v) is 10.5. The fraction of sp³-hybridized carbons (Fsp3) is 0.429. The summed E-state index contributed by atoms with van der Waals surface area (Å²) in [6.45, 7) is 2.60. The van der Waals surface area contributed by atoms with E-state index in [0.717, 1.165) is 12.0 Å². The number of rotatable bonds is 5. The Morgan fingerprint density at radius 1 is 1.22 bits per heavy atom. The minimum atomic E-state index is -0.152. The first-order chi connectivity index (χ1) is 8.66. The van der Waals surface area contributed by atoms with E-state index < -0.39 is 0 Å².